The molecule has 0 amide bonds. The van der Waals surface area contributed by atoms with Crippen LogP contribution < -0.4 is 4.74 Å². The van der Waals surface area contributed by atoms with Crippen molar-refractivity contribution in [2.24, 2.45) is 5.41 Å². The first-order valence-corrected chi connectivity index (χ1v) is 14.9. The smallest absolute Gasteiger partial charge is 0.367 e. The number of halogens is 1. The van der Waals surface area contributed by atoms with Gasteiger partial charge in [-0.05, 0) is 54.2 Å². The molecule has 8 unspecified atom stereocenters. The molecule has 0 spiro atoms. The largest absolute Gasteiger partial charge is 0.477 e. The van der Waals surface area contributed by atoms with Gasteiger partial charge < -0.3 is 29.9 Å². The third-order valence-corrected chi connectivity index (χ3v) is 11.4. The van der Waals surface area contributed by atoms with Crippen LogP contribution in [0.5, 0.6) is 5.75 Å². The molecule has 1 aromatic carbocycles. The molecule has 0 aliphatic carbocycles. The van der Waals surface area contributed by atoms with Gasteiger partial charge in [0.1, 0.15) is 17.5 Å². The van der Waals surface area contributed by atoms with E-state index in [-0.39, 0.29) is 16.4 Å². The lowest BCUT2D eigenvalue weighted by molar-refractivity contribution is -0.537. The van der Waals surface area contributed by atoms with Crippen LogP contribution in [0.3, 0.4) is 0 Å². The molecular weight excluding hydrogens is 572 g/mol. The van der Waals surface area contributed by atoms with Crippen molar-refractivity contribution < 1.29 is 47.8 Å². The van der Waals surface area contributed by atoms with Gasteiger partial charge in [-0.25, -0.2) is 13.2 Å². The lowest BCUT2D eigenvalue weighted by Crippen LogP contribution is -2.91. The summed E-state index contributed by atoms with van der Waals surface area (Å²) in [5.74, 6) is -4.78. The highest BCUT2D eigenvalue weighted by Crippen LogP contribution is 2.58. The highest BCUT2D eigenvalue weighted by Gasteiger charge is 2.84. The van der Waals surface area contributed by atoms with Crippen LogP contribution in [0.2, 0.25) is 0 Å². The number of ether oxygens (including phenoxy) is 3. The second-order valence-corrected chi connectivity index (χ2v) is 13.7. The summed E-state index contributed by atoms with van der Waals surface area (Å²) >= 11 is 3.39. The van der Waals surface area contributed by atoms with Crippen molar-refractivity contribution in [1.29, 1.82) is 0 Å². The molecule has 0 radical (unpaired) electrons. The number of rotatable bonds is 7. The Labute approximate surface area is 225 Å². The number of benzene rings is 1. The zero-order valence-electron chi connectivity index (χ0n) is 21.5. The van der Waals surface area contributed by atoms with Crippen molar-refractivity contribution in [2.45, 2.75) is 107 Å². The minimum Gasteiger partial charge on any atom is -0.477 e. The van der Waals surface area contributed by atoms with E-state index in [1.54, 1.807) is 13.0 Å². The monoisotopic (exact) mass is 606 g/mol. The van der Waals surface area contributed by atoms with Gasteiger partial charge in [-0.1, -0.05) is 33.6 Å². The van der Waals surface area contributed by atoms with Crippen molar-refractivity contribution in [3.63, 3.8) is 0 Å². The van der Waals surface area contributed by atoms with Gasteiger partial charge in [-0.2, -0.15) is 0 Å². The number of hydrogen-bond acceptors (Lipinski definition) is 9. The molecule has 10 nitrogen and oxygen atoms in total. The molecule has 4 aliphatic rings. The molecule has 5 rings (SSSR count). The van der Waals surface area contributed by atoms with E-state index >= 15 is 0 Å². The number of aliphatic hydroxyl groups excluding tert-OH is 2. The zero-order chi connectivity index (χ0) is 27.8. The number of carboxylic acid groups (broad SMARTS) is 1. The van der Waals surface area contributed by atoms with E-state index in [0.717, 1.165) is 12.8 Å². The third-order valence-electron chi connectivity index (χ3n) is 8.79. The Bertz CT molecular complexity index is 1200. The Morgan fingerprint density at radius 2 is 1.86 bits per heavy atom. The van der Waals surface area contributed by atoms with E-state index in [1.165, 1.54) is 19.9 Å². The number of aliphatic hydroxyl groups is 3. The van der Waals surface area contributed by atoms with E-state index < -0.39 is 62.6 Å². The average Bonchev–Trinajstić information content (AvgIpc) is 2.88. The second-order valence-electron chi connectivity index (χ2n) is 10.9. The standard InChI is InChI=1S/C25H35BrO10S/c1-6-8-9-24(7-2)12-37(32,33)17-11-16(15(26)10-14(17)13(3)18(24)27)34-20-19(28)22(4)23(5,31)25(35-20,36-22)21(29)30/h10-11,13,18-20,27-28,31H,6-9,12H2,1-5H3,(H,29,30). The molecule has 2 bridgehead atoms. The van der Waals surface area contributed by atoms with Gasteiger partial charge in [-0.15, -0.1) is 0 Å². The number of fused-ring (bicyclic) bond motifs is 3. The van der Waals surface area contributed by atoms with Crippen LogP contribution in [0.4, 0.5) is 0 Å². The van der Waals surface area contributed by atoms with Gasteiger partial charge >= 0.3 is 11.8 Å². The van der Waals surface area contributed by atoms with Gasteiger partial charge in [0.15, 0.2) is 15.4 Å². The third kappa shape index (κ3) is 3.89. The van der Waals surface area contributed by atoms with Crippen LogP contribution in [0.15, 0.2) is 21.5 Å². The molecule has 12 heteroatoms. The first kappa shape index (κ1) is 28.7. The normalized spacial score (nSPS) is 42.3. The van der Waals surface area contributed by atoms with E-state index in [4.69, 9.17) is 14.2 Å². The summed E-state index contributed by atoms with van der Waals surface area (Å²) in [7, 11) is -3.87. The topological polar surface area (TPSA) is 160 Å². The minimum atomic E-state index is -3.87. The molecule has 0 aromatic heterocycles. The first-order valence-electron chi connectivity index (χ1n) is 12.5. The highest BCUT2D eigenvalue weighted by atomic mass is 79.9. The molecule has 0 saturated carbocycles. The number of carboxylic acids is 1. The summed E-state index contributed by atoms with van der Waals surface area (Å²) in [6.45, 7) is 8.25. The van der Waals surface area contributed by atoms with Crippen molar-refractivity contribution in [3.8, 4) is 5.75 Å². The molecule has 1 aromatic rings. The summed E-state index contributed by atoms with van der Waals surface area (Å²) in [6.07, 6.45) is -1.35. The van der Waals surface area contributed by atoms with Gasteiger partial charge in [0.2, 0.25) is 6.29 Å². The summed E-state index contributed by atoms with van der Waals surface area (Å²) in [6, 6.07) is 2.88. The molecule has 208 valence electrons. The van der Waals surface area contributed by atoms with Crippen molar-refractivity contribution in [2.75, 3.05) is 5.75 Å². The van der Waals surface area contributed by atoms with Crippen molar-refractivity contribution in [3.05, 3.63) is 22.2 Å². The van der Waals surface area contributed by atoms with Gasteiger partial charge in [0.05, 0.1) is 21.2 Å². The number of carbonyl (C=O) groups is 1. The maximum absolute atomic E-state index is 13.7. The van der Waals surface area contributed by atoms with E-state index in [9.17, 15) is 33.6 Å². The fourth-order valence-corrected chi connectivity index (χ4v) is 8.79. The Balaban J connectivity index is 1.73. The number of unbranched alkanes of at least 4 members (excludes halogenated alkanes) is 1. The first-order chi connectivity index (χ1) is 17.0. The van der Waals surface area contributed by atoms with E-state index in [2.05, 4.69) is 15.9 Å². The quantitative estimate of drug-likeness (QED) is 0.363. The second kappa shape index (κ2) is 9.14. The Morgan fingerprint density at radius 3 is 2.41 bits per heavy atom. The van der Waals surface area contributed by atoms with Crippen LogP contribution in [0.25, 0.3) is 0 Å². The molecule has 4 aliphatic heterocycles. The average molecular weight is 608 g/mol. The Kier molecular flexibility index (Phi) is 7.10. The van der Waals surface area contributed by atoms with Crippen LogP contribution in [-0.4, -0.2) is 76.1 Å². The van der Waals surface area contributed by atoms with Crippen LogP contribution in [-0.2, 0) is 24.1 Å². The predicted molar refractivity (Wildman–Crippen MR) is 135 cm³/mol. The van der Waals surface area contributed by atoms with Crippen LogP contribution in [0.1, 0.15) is 71.8 Å². The van der Waals surface area contributed by atoms with Crippen molar-refractivity contribution >= 4 is 31.7 Å². The fraction of sp³-hybridized carbons (Fsp3) is 0.720. The highest BCUT2D eigenvalue weighted by molar-refractivity contribution is 9.10. The molecule has 4 N–H and O–H groups in total. The lowest BCUT2D eigenvalue weighted by Gasteiger charge is -2.67. The Morgan fingerprint density at radius 1 is 1.22 bits per heavy atom. The van der Waals surface area contributed by atoms with E-state index in [0.29, 0.717) is 22.9 Å². The van der Waals surface area contributed by atoms with Crippen LogP contribution in [0, 0.1) is 5.41 Å². The number of sulfone groups is 1. The maximum atomic E-state index is 13.7. The summed E-state index contributed by atoms with van der Waals surface area (Å²) < 4.78 is 44.3. The number of aliphatic carboxylic acids is 1. The van der Waals surface area contributed by atoms with Crippen LogP contribution >= 0.6 is 15.9 Å². The molecule has 37 heavy (non-hydrogen) atoms. The molecule has 8 atom stereocenters. The fourth-order valence-electron chi connectivity index (χ4n) is 6.01. The van der Waals surface area contributed by atoms with Gasteiger partial charge in [0.25, 0.3) is 0 Å². The lowest BCUT2D eigenvalue weighted by atomic mass is 9.66. The maximum Gasteiger partial charge on any atom is 0.367 e. The molecule has 3 saturated heterocycles. The zero-order valence-corrected chi connectivity index (χ0v) is 23.9. The number of hydrogen-bond donors (Lipinski definition) is 4. The summed E-state index contributed by atoms with van der Waals surface area (Å²) in [5, 5.41) is 42.7. The Hall–Kier alpha value is -1.28. The molecular formula is C25H35BrO10S. The summed E-state index contributed by atoms with van der Waals surface area (Å²) in [4.78, 5) is 11.9. The molecule has 3 fully saturated rings. The van der Waals surface area contributed by atoms with Crippen molar-refractivity contribution in [1.82, 2.24) is 0 Å². The SMILES string of the molecule is CCCCC1(CC)CS(=O)(=O)c2cc(OC3OC4(C(=O)O)OC(C)(C3O)C4(C)O)c(Br)cc2C(C)C1O. The van der Waals surface area contributed by atoms with E-state index in [1.807, 2.05) is 13.8 Å². The predicted octanol–water partition coefficient (Wildman–Crippen LogP) is 2.70. The summed E-state index contributed by atoms with van der Waals surface area (Å²) in [5.41, 5.74) is -4.15. The van der Waals surface area contributed by atoms with Gasteiger partial charge in [0, 0.05) is 17.4 Å². The minimum absolute atomic E-state index is 0.00179. The molecule has 4 heterocycles. The van der Waals surface area contributed by atoms with Gasteiger partial charge in [-0.3, -0.25) is 4.74 Å².